The van der Waals surface area contributed by atoms with Gasteiger partial charge in [0.2, 0.25) is 5.91 Å². The van der Waals surface area contributed by atoms with Crippen LogP contribution in [0.3, 0.4) is 0 Å². The predicted molar refractivity (Wildman–Crippen MR) is 74.4 cm³/mol. The maximum Gasteiger partial charge on any atom is 0.387 e. The summed E-state index contributed by atoms with van der Waals surface area (Å²) in [5, 5.41) is 3.11. The normalized spacial score (nSPS) is 10.7. The van der Waals surface area contributed by atoms with Crippen LogP contribution in [-0.4, -0.2) is 26.2 Å². The van der Waals surface area contributed by atoms with E-state index >= 15 is 0 Å². The van der Waals surface area contributed by atoms with Gasteiger partial charge in [-0.3, -0.25) is 4.79 Å². The molecule has 0 atom stereocenters. The first-order chi connectivity index (χ1) is 10.0. The molecule has 1 amide bonds. The Balaban J connectivity index is 2.51. The number of halogens is 2. The van der Waals surface area contributed by atoms with Gasteiger partial charge in [0.25, 0.3) is 0 Å². The molecule has 3 N–H and O–H groups in total. The first-order valence-corrected chi connectivity index (χ1v) is 6.64. The first-order valence-electron chi connectivity index (χ1n) is 6.64. The molecule has 1 aromatic carbocycles. The number of carbonyl (C=O) groups excluding carboxylic acids is 1. The number of hydrogen-bond donors (Lipinski definition) is 2. The van der Waals surface area contributed by atoms with Crippen LogP contribution in [0.5, 0.6) is 11.5 Å². The van der Waals surface area contributed by atoms with Crippen LogP contribution in [0.25, 0.3) is 0 Å². The van der Waals surface area contributed by atoms with Crippen molar-refractivity contribution in [1.82, 2.24) is 5.32 Å². The lowest BCUT2D eigenvalue weighted by Crippen LogP contribution is -2.17. The molecular formula is C14H20F2N2O3. The van der Waals surface area contributed by atoms with Gasteiger partial charge in [-0.2, -0.15) is 8.78 Å². The maximum absolute atomic E-state index is 12.4. The molecule has 0 aliphatic heterocycles. The number of amides is 1. The number of rotatable bonds is 10. The smallest absolute Gasteiger partial charge is 0.387 e. The number of para-hydroxylation sites is 1. The number of benzene rings is 1. The molecule has 0 saturated heterocycles. The van der Waals surface area contributed by atoms with Crippen molar-refractivity contribution in [2.24, 2.45) is 5.73 Å². The third-order valence-corrected chi connectivity index (χ3v) is 2.83. The Morgan fingerprint density at radius 3 is 2.76 bits per heavy atom. The molecule has 1 rings (SSSR count). The summed E-state index contributed by atoms with van der Waals surface area (Å²) < 4.78 is 34.4. The van der Waals surface area contributed by atoms with E-state index in [0.717, 1.165) is 6.42 Å². The molecule has 0 unspecified atom stereocenters. The lowest BCUT2D eigenvalue weighted by molar-refractivity contribution is -0.118. The monoisotopic (exact) mass is 302 g/mol. The number of nitrogens with two attached hydrogens (primary N) is 1. The Labute approximate surface area is 122 Å². The average molecular weight is 302 g/mol. The summed E-state index contributed by atoms with van der Waals surface area (Å²) >= 11 is 0. The number of carbonyl (C=O) groups is 1. The minimum Gasteiger partial charge on any atom is -0.493 e. The Hall–Kier alpha value is -1.89. The zero-order valence-electron chi connectivity index (χ0n) is 11.9. The molecule has 0 aliphatic rings. The summed E-state index contributed by atoms with van der Waals surface area (Å²) in [5.41, 5.74) is 5.62. The zero-order chi connectivity index (χ0) is 15.7. The van der Waals surface area contributed by atoms with Crippen molar-refractivity contribution in [3.63, 3.8) is 0 Å². The Bertz CT molecular complexity index is 456. The summed E-state index contributed by atoms with van der Waals surface area (Å²) in [6.45, 7) is -1.88. The standard InChI is InChI=1S/C14H20F2N2O3/c1-20-11-6-4-5-10(13(11)21-14(15)16)9-18-8-3-2-7-12(17)19/h4-6,14,18H,2-3,7-9H2,1H3,(H2,17,19). The van der Waals surface area contributed by atoms with E-state index in [1.807, 2.05) is 0 Å². The van der Waals surface area contributed by atoms with Crippen LogP contribution in [0, 0.1) is 0 Å². The molecule has 0 saturated carbocycles. The summed E-state index contributed by atoms with van der Waals surface area (Å²) in [7, 11) is 1.40. The molecule has 0 radical (unpaired) electrons. The summed E-state index contributed by atoms with van der Waals surface area (Å²) in [4.78, 5) is 10.6. The number of alkyl halides is 2. The highest BCUT2D eigenvalue weighted by Gasteiger charge is 2.14. The highest BCUT2D eigenvalue weighted by atomic mass is 19.3. The maximum atomic E-state index is 12.4. The van der Waals surface area contributed by atoms with Crippen LogP contribution in [0.1, 0.15) is 24.8 Å². The number of hydrogen-bond acceptors (Lipinski definition) is 4. The predicted octanol–water partition coefficient (Wildman–Crippen LogP) is 2.04. The fourth-order valence-electron chi connectivity index (χ4n) is 1.86. The molecule has 0 heterocycles. The molecule has 0 spiro atoms. The number of primary amides is 1. The Kier molecular flexibility index (Phi) is 7.45. The average Bonchev–Trinajstić information content (AvgIpc) is 2.43. The lowest BCUT2D eigenvalue weighted by Gasteiger charge is -2.14. The highest BCUT2D eigenvalue weighted by Crippen LogP contribution is 2.32. The second-order valence-electron chi connectivity index (χ2n) is 4.43. The molecule has 118 valence electrons. The van der Waals surface area contributed by atoms with Crippen molar-refractivity contribution in [1.29, 1.82) is 0 Å². The van der Waals surface area contributed by atoms with Gasteiger partial charge in [-0.05, 0) is 25.5 Å². The topological polar surface area (TPSA) is 73.6 Å². The van der Waals surface area contributed by atoms with Crippen LogP contribution in [0.4, 0.5) is 8.78 Å². The molecule has 1 aromatic rings. The summed E-state index contributed by atoms with van der Waals surface area (Å²) in [6, 6.07) is 4.96. The Morgan fingerprint density at radius 1 is 1.38 bits per heavy atom. The van der Waals surface area contributed by atoms with Crippen molar-refractivity contribution in [2.45, 2.75) is 32.4 Å². The van der Waals surface area contributed by atoms with Crippen molar-refractivity contribution in [3.8, 4) is 11.5 Å². The van der Waals surface area contributed by atoms with Crippen LogP contribution in [0.15, 0.2) is 18.2 Å². The van der Waals surface area contributed by atoms with Crippen molar-refractivity contribution in [2.75, 3.05) is 13.7 Å². The quantitative estimate of drug-likeness (QED) is 0.649. The van der Waals surface area contributed by atoms with Gasteiger partial charge >= 0.3 is 6.61 Å². The second-order valence-corrected chi connectivity index (χ2v) is 4.43. The van der Waals surface area contributed by atoms with E-state index < -0.39 is 6.61 Å². The van der Waals surface area contributed by atoms with Crippen LogP contribution >= 0.6 is 0 Å². The molecule has 0 fully saturated rings. The summed E-state index contributed by atoms with van der Waals surface area (Å²) in [6.07, 6.45) is 1.82. The molecular weight excluding hydrogens is 282 g/mol. The SMILES string of the molecule is COc1cccc(CNCCCCC(N)=O)c1OC(F)F. The molecule has 21 heavy (non-hydrogen) atoms. The van der Waals surface area contributed by atoms with E-state index in [0.29, 0.717) is 31.5 Å². The van der Waals surface area contributed by atoms with Gasteiger partial charge in [-0.1, -0.05) is 12.1 Å². The van der Waals surface area contributed by atoms with Crippen LogP contribution in [-0.2, 0) is 11.3 Å². The number of unbranched alkanes of at least 4 members (excludes halogenated alkanes) is 1. The number of nitrogens with one attached hydrogen (secondary N) is 1. The number of ether oxygens (including phenoxy) is 2. The van der Waals surface area contributed by atoms with E-state index in [4.69, 9.17) is 10.5 Å². The minimum atomic E-state index is -2.91. The van der Waals surface area contributed by atoms with Crippen molar-refractivity contribution in [3.05, 3.63) is 23.8 Å². The van der Waals surface area contributed by atoms with Gasteiger partial charge in [-0.25, -0.2) is 0 Å². The fraction of sp³-hybridized carbons (Fsp3) is 0.500. The summed E-state index contributed by atoms with van der Waals surface area (Å²) in [5.74, 6) is -0.0154. The lowest BCUT2D eigenvalue weighted by atomic mass is 10.1. The van der Waals surface area contributed by atoms with Gasteiger partial charge in [-0.15, -0.1) is 0 Å². The molecule has 7 heteroatoms. The van der Waals surface area contributed by atoms with Gasteiger partial charge in [0.05, 0.1) is 7.11 Å². The third-order valence-electron chi connectivity index (χ3n) is 2.83. The van der Waals surface area contributed by atoms with E-state index in [1.54, 1.807) is 18.2 Å². The molecule has 5 nitrogen and oxygen atoms in total. The molecule has 0 aromatic heterocycles. The third kappa shape index (κ3) is 6.40. The van der Waals surface area contributed by atoms with Gasteiger partial charge in [0.15, 0.2) is 11.5 Å². The van der Waals surface area contributed by atoms with Crippen molar-refractivity contribution >= 4 is 5.91 Å². The van der Waals surface area contributed by atoms with Gasteiger partial charge < -0.3 is 20.5 Å². The minimum absolute atomic E-state index is 0.0413. The first kappa shape index (κ1) is 17.2. The zero-order valence-corrected chi connectivity index (χ0v) is 11.9. The van der Waals surface area contributed by atoms with Crippen molar-refractivity contribution < 1.29 is 23.0 Å². The fourth-order valence-corrected chi connectivity index (χ4v) is 1.86. The van der Waals surface area contributed by atoms with E-state index in [1.165, 1.54) is 7.11 Å². The van der Waals surface area contributed by atoms with E-state index in [-0.39, 0.29) is 17.4 Å². The van der Waals surface area contributed by atoms with Crippen LogP contribution in [0.2, 0.25) is 0 Å². The van der Waals surface area contributed by atoms with Gasteiger partial charge in [0, 0.05) is 18.5 Å². The Morgan fingerprint density at radius 2 is 2.14 bits per heavy atom. The largest absolute Gasteiger partial charge is 0.493 e. The number of methoxy groups -OCH3 is 1. The van der Waals surface area contributed by atoms with Gasteiger partial charge in [0.1, 0.15) is 0 Å². The van der Waals surface area contributed by atoms with E-state index in [9.17, 15) is 13.6 Å². The molecule has 0 bridgehead atoms. The second kappa shape index (κ2) is 9.12. The van der Waals surface area contributed by atoms with E-state index in [2.05, 4.69) is 10.1 Å². The van der Waals surface area contributed by atoms with Crippen LogP contribution < -0.4 is 20.5 Å². The highest BCUT2D eigenvalue weighted by molar-refractivity contribution is 5.73. The molecule has 0 aliphatic carbocycles.